The van der Waals surface area contributed by atoms with E-state index in [9.17, 15) is 4.79 Å². The second-order valence-electron chi connectivity index (χ2n) is 6.81. The molecule has 0 unspecified atom stereocenters. The van der Waals surface area contributed by atoms with Gasteiger partial charge in [-0.15, -0.1) is 0 Å². The molecule has 0 atom stereocenters. The molecule has 0 heterocycles. The average molecular weight is 401 g/mol. The van der Waals surface area contributed by atoms with Crippen LogP contribution in [0.4, 0.5) is 5.69 Å². The number of anilines is 1. The van der Waals surface area contributed by atoms with Crippen LogP contribution in [-0.4, -0.2) is 24.2 Å². The van der Waals surface area contributed by atoms with Crippen LogP contribution in [-0.2, 0) is 0 Å². The van der Waals surface area contributed by atoms with Gasteiger partial charge in [0, 0.05) is 0 Å². The monoisotopic (exact) mass is 400 g/mol. The van der Waals surface area contributed by atoms with E-state index in [-0.39, 0.29) is 11.0 Å². The molecule has 28 heavy (non-hydrogen) atoms. The third-order valence-corrected chi connectivity index (χ3v) is 4.03. The molecule has 0 aliphatic heterocycles. The predicted octanol–water partition coefficient (Wildman–Crippen LogP) is 5.03. The molecule has 0 aliphatic carbocycles. The second-order valence-corrected chi connectivity index (χ2v) is 7.22. The largest absolute Gasteiger partial charge is 0.493 e. The minimum Gasteiger partial charge on any atom is -0.493 e. The fraction of sp³-hybridized carbons (Fsp3) is 0.364. The van der Waals surface area contributed by atoms with Crippen LogP contribution in [0.3, 0.4) is 0 Å². The number of benzene rings is 2. The third kappa shape index (κ3) is 6.85. The standard InChI is InChI=1S/C22H28N2O3S/c1-4-5-14-26-19-12-8-6-10-17(19)21(25)24-22(28)23-18-11-7-9-13-20(18)27-15-16(2)3/h6-13,16H,4-5,14-15H2,1-3H3,(H2,23,24,25,28). The lowest BCUT2D eigenvalue weighted by Gasteiger charge is -2.16. The lowest BCUT2D eigenvalue weighted by molar-refractivity contribution is 0.0973. The van der Waals surface area contributed by atoms with Gasteiger partial charge in [0.2, 0.25) is 0 Å². The van der Waals surface area contributed by atoms with Gasteiger partial charge in [-0.05, 0) is 48.8 Å². The van der Waals surface area contributed by atoms with Gasteiger partial charge in [0.25, 0.3) is 5.91 Å². The minimum absolute atomic E-state index is 0.203. The van der Waals surface area contributed by atoms with Crippen LogP contribution in [0.25, 0.3) is 0 Å². The van der Waals surface area contributed by atoms with E-state index in [1.165, 1.54) is 0 Å². The van der Waals surface area contributed by atoms with Crippen LogP contribution in [0.1, 0.15) is 44.0 Å². The zero-order chi connectivity index (χ0) is 20.4. The molecule has 150 valence electrons. The Morgan fingerprint density at radius 1 is 1.04 bits per heavy atom. The molecule has 5 nitrogen and oxygen atoms in total. The fourth-order valence-corrected chi connectivity index (χ4v) is 2.59. The van der Waals surface area contributed by atoms with Gasteiger partial charge in [0.05, 0.1) is 24.5 Å². The van der Waals surface area contributed by atoms with E-state index in [1.54, 1.807) is 18.2 Å². The molecular formula is C22H28N2O3S. The van der Waals surface area contributed by atoms with Crippen molar-refractivity contribution in [2.45, 2.75) is 33.6 Å². The lowest BCUT2D eigenvalue weighted by Crippen LogP contribution is -2.34. The van der Waals surface area contributed by atoms with Crippen LogP contribution in [0, 0.1) is 5.92 Å². The van der Waals surface area contributed by atoms with Gasteiger partial charge in [-0.1, -0.05) is 51.5 Å². The van der Waals surface area contributed by atoms with Crippen LogP contribution < -0.4 is 20.1 Å². The summed E-state index contributed by atoms with van der Waals surface area (Å²) in [5, 5.41) is 5.96. The van der Waals surface area contributed by atoms with Crippen molar-refractivity contribution < 1.29 is 14.3 Å². The number of para-hydroxylation sites is 3. The molecule has 2 aromatic carbocycles. The van der Waals surface area contributed by atoms with Crippen molar-refractivity contribution >= 4 is 28.9 Å². The first-order chi connectivity index (χ1) is 13.5. The highest BCUT2D eigenvalue weighted by molar-refractivity contribution is 7.80. The highest BCUT2D eigenvalue weighted by Gasteiger charge is 2.14. The predicted molar refractivity (Wildman–Crippen MR) is 117 cm³/mol. The van der Waals surface area contributed by atoms with Crippen LogP contribution in [0.2, 0.25) is 0 Å². The summed E-state index contributed by atoms with van der Waals surface area (Å²) in [5.41, 5.74) is 1.16. The first kappa shape index (κ1) is 21.7. The van der Waals surface area contributed by atoms with Crippen molar-refractivity contribution in [1.29, 1.82) is 0 Å². The summed E-state index contributed by atoms with van der Waals surface area (Å²) in [5.74, 6) is 1.34. The zero-order valence-corrected chi connectivity index (χ0v) is 17.5. The molecule has 2 rings (SSSR count). The molecule has 2 N–H and O–H groups in total. The summed E-state index contributed by atoms with van der Waals surface area (Å²) in [7, 11) is 0. The first-order valence-corrected chi connectivity index (χ1v) is 9.98. The van der Waals surface area contributed by atoms with E-state index in [4.69, 9.17) is 21.7 Å². The Balaban J connectivity index is 2.01. The van der Waals surface area contributed by atoms with Crippen molar-refractivity contribution in [3.05, 3.63) is 54.1 Å². The SMILES string of the molecule is CCCCOc1ccccc1C(=O)NC(=S)Nc1ccccc1OCC(C)C. The van der Waals surface area contributed by atoms with E-state index < -0.39 is 0 Å². The molecule has 1 amide bonds. The average Bonchev–Trinajstić information content (AvgIpc) is 2.67. The Morgan fingerprint density at radius 2 is 1.71 bits per heavy atom. The van der Waals surface area contributed by atoms with Crippen molar-refractivity contribution in [2.75, 3.05) is 18.5 Å². The van der Waals surface area contributed by atoms with Crippen molar-refractivity contribution in [1.82, 2.24) is 5.32 Å². The van der Waals surface area contributed by atoms with Gasteiger partial charge in [0.1, 0.15) is 11.5 Å². The Morgan fingerprint density at radius 3 is 2.43 bits per heavy atom. The molecule has 0 saturated heterocycles. The lowest BCUT2D eigenvalue weighted by atomic mass is 10.2. The second kappa shape index (κ2) is 11.3. The molecule has 0 bridgehead atoms. The van der Waals surface area contributed by atoms with Gasteiger partial charge < -0.3 is 14.8 Å². The van der Waals surface area contributed by atoms with Gasteiger partial charge in [-0.2, -0.15) is 0 Å². The number of thiocarbonyl (C=S) groups is 1. The Labute approximate surface area is 172 Å². The number of nitrogens with one attached hydrogen (secondary N) is 2. The van der Waals surface area contributed by atoms with Crippen LogP contribution in [0.5, 0.6) is 11.5 Å². The summed E-state index contributed by atoms with van der Waals surface area (Å²) in [4.78, 5) is 12.6. The number of carbonyl (C=O) groups is 1. The van der Waals surface area contributed by atoms with Gasteiger partial charge in [-0.25, -0.2) is 0 Å². The van der Waals surface area contributed by atoms with Gasteiger partial charge in [0.15, 0.2) is 5.11 Å². The number of amides is 1. The third-order valence-electron chi connectivity index (χ3n) is 3.82. The van der Waals surface area contributed by atoms with Crippen molar-refractivity contribution in [3.8, 4) is 11.5 Å². The van der Waals surface area contributed by atoms with Crippen molar-refractivity contribution in [3.63, 3.8) is 0 Å². The van der Waals surface area contributed by atoms with Gasteiger partial charge in [-0.3, -0.25) is 10.1 Å². The van der Waals surface area contributed by atoms with E-state index >= 15 is 0 Å². The molecular weight excluding hydrogens is 372 g/mol. The molecule has 0 fully saturated rings. The van der Waals surface area contributed by atoms with E-state index in [1.807, 2.05) is 30.3 Å². The van der Waals surface area contributed by atoms with E-state index in [0.717, 1.165) is 12.8 Å². The first-order valence-electron chi connectivity index (χ1n) is 9.57. The maximum atomic E-state index is 12.6. The minimum atomic E-state index is -0.315. The number of unbranched alkanes of at least 4 members (excludes halogenated alkanes) is 1. The Bertz CT molecular complexity index is 793. The maximum Gasteiger partial charge on any atom is 0.261 e. The van der Waals surface area contributed by atoms with E-state index in [0.29, 0.717) is 41.9 Å². The van der Waals surface area contributed by atoms with Crippen LogP contribution >= 0.6 is 12.2 Å². The summed E-state index contributed by atoms with van der Waals surface area (Å²) < 4.78 is 11.5. The fourth-order valence-electron chi connectivity index (χ4n) is 2.38. The number of hydrogen-bond acceptors (Lipinski definition) is 4. The summed E-state index contributed by atoms with van der Waals surface area (Å²) in [6, 6.07) is 14.7. The molecule has 0 radical (unpaired) electrons. The summed E-state index contributed by atoms with van der Waals surface area (Å²) in [6.07, 6.45) is 1.96. The Kier molecular flexibility index (Phi) is 8.75. The molecule has 0 saturated carbocycles. The van der Waals surface area contributed by atoms with Crippen molar-refractivity contribution in [2.24, 2.45) is 5.92 Å². The molecule has 0 spiro atoms. The Hall–Kier alpha value is -2.60. The smallest absolute Gasteiger partial charge is 0.261 e. The number of carbonyl (C=O) groups excluding carboxylic acids is 1. The maximum absolute atomic E-state index is 12.6. The number of rotatable bonds is 9. The zero-order valence-electron chi connectivity index (χ0n) is 16.7. The molecule has 6 heteroatoms. The molecule has 2 aromatic rings. The highest BCUT2D eigenvalue weighted by Crippen LogP contribution is 2.24. The molecule has 0 aliphatic rings. The number of ether oxygens (including phenoxy) is 2. The summed E-state index contributed by atoms with van der Waals surface area (Å²) >= 11 is 5.32. The normalized spacial score (nSPS) is 10.4. The topological polar surface area (TPSA) is 59.6 Å². The molecule has 0 aromatic heterocycles. The quantitative estimate of drug-likeness (QED) is 0.457. The van der Waals surface area contributed by atoms with Crippen LogP contribution in [0.15, 0.2) is 48.5 Å². The summed E-state index contributed by atoms with van der Waals surface area (Å²) in [6.45, 7) is 7.43. The van der Waals surface area contributed by atoms with Gasteiger partial charge >= 0.3 is 0 Å². The van der Waals surface area contributed by atoms with E-state index in [2.05, 4.69) is 31.4 Å². The highest BCUT2D eigenvalue weighted by atomic mass is 32.1. The number of hydrogen-bond donors (Lipinski definition) is 2.